The number of halogens is 1. The van der Waals surface area contributed by atoms with Crippen LogP contribution in [-0.4, -0.2) is 42.6 Å². The molecule has 26 heavy (non-hydrogen) atoms. The molecule has 2 aromatic rings. The molecule has 1 unspecified atom stereocenters. The number of carbonyl (C=O) groups excluding carboxylic acids is 1. The molecule has 0 fully saturated rings. The number of hydrogen-bond donors (Lipinski definition) is 1. The summed E-state index contributed by atoms with van der Waals surface area (Å²) in [6.45, 7) is 3.57. The van der Waals surface area contributed by atoms with Crippen LogP contribution in [0.25, 0.3) is 0 Å². The Morgan fingerprint density at radius 2 is 2.15 bits per heavy atom. The summed E-state index contributed by atoms with van der Waals surface area (Å²) in [5.41, 5.74) is 0.319. The molecule has 0 saturated carbocycles. The first-order valence-electron chi connectivity index (χ1n) is 7.74. The lowest BCUT2D eigenvalue weighted by Crippen LogP contribution is -2.45. The van der Waals surface area contributed by atoms with E-state index in [1.54, 1.807) is 30.0 Å². The van der Waals surface area contributed by atoms with Crippen LogP contribution in [0.15, 0.2) is 28.6 Å². The molecule has 1 N–H and O–H groups in total. The zero-order valence-electron chi connectivity index (χ0n) is 14.5. The van der Waals surface area contributed by atoms with E-state index in [2.05, 4.69) is 22.4 Å². The molecule has 7 nitrogen and oxygen atoms in total. The lowest BCUT2D eigenvalue weighted by molar-refractivity contribution is -0.116. The van der Waals surface area contributed by atoms with E-state index in [4.69, 9.17) is 11.6 Å². The molecular formula is C15H19ClN4O3S3. The maximum Gasteiger partial charge on any atom is 0.249 e. The third-order valence-electron chi connectivity index (χ3n) is 3.22. The van der Waals surface area contributed by atoms with Gasteiger partial charge in [-0.2, -0.15) is 0 Å². The fourth-order valence-electron chi connectivity index (χ4n) is 2.14. The van der Waals surface area contributed by atoms with E-state index >= 15 is 0 Å². The van der Waals surface area contributed by atoms with Gasteiger partial charge in [0.15, 0.2) is 4.34 Å². The Morgan fingerprint density at radius 1 is 1.42 bits per heavy atom. The van der Waals surface area contributed by atoms with Crippen LogP contribution < -0.4 is 9.62 Å². The molecule has 1 aromatic carbocycles. The summed E-state index contributed by atoms with van der Waals surface area (Å²) in [5.74, 6) is 0.411. The second kappa shape index (κ2) is 9.03. The Bertz CT molecular complexity index is 873. The highest BCUT2D eigenvalue weighted by Gasteiger charge is 2.29. The number of aromatic nitrogens is 2. The molecule has 0 bridgehead atoms. The molecule has 0 aliphatic heterocycles. The van der Waals surface area contributed by atoms with Crippen molar-refractivity contribution in [3.05, 3.63) is 29.3 Å². The number of rotatable bonds is 8. The molecular weight excluding hydrogens is 416 g/mol. The summed E-state index contributed by atoms with van der Waals surface area (Å²) >= 11 is 8.77. The smallest absolute Gasteiger partial charge is 0.249 e. The summed E-state index contributed by atoms with van der Waals surface area (Å²) in [6.07, 6.45) is 2.05. The number of anilines is 2. The van der Waals surface area contributed by atoms with E-state index < -0.39 is 22.0 Å². The van der Waals surface area contributed by atoms with Crippen molar-refractivity contribution in [2.75, 3.05) is 21.6 Å². The van der Waals surface area contributed by atoms with E-state index in [-0.39, 0.29) is 0 Å². The minimum absolute atomic E-state index is 0.319. The number of nitrogens with zero attached hydrogens (tertiary/aromatic N) is 3. The summed E-state index contributed by atoms with van der Waals surface area (Å²) in [6, 6.07) is 5.35. The minimum Gasteiger partial charge on any atom is -0.299 e. The minimum atomic E-state index is -3.70. The number of benzene rings is 1. The third kappa shape index (κ3) is 5.57. The highest BCUT2D eigenvalue weighted by molar-refractivity contribution is 8.01. The third-order valence-corrected chi connectivity index (χ3v) is 6.87. The van der Waals surface area contributed by atoms with Gasteiger partial charge in [-0.05, 0) is 31.5 Å². The Balaban J connectivity index is 2.19. The molecule has 0 aliphatic rings. The van der Waals surface area contributed by atoms with Crippen molar-refractivity contribution < 1.29 is 13.2 Å². The Hall–Kier alpha value is -1.36. The average molecular weight is 435 g/mol. The van der Waals surface area contributed by atoms with Crippen LogP contribution in [0.3, 0.4) is 0 Å². The van der Waals surface area contributed by atoms with Crippen LogP contribution >= 0.6 is 34.7 Å². The van der Waals surface area contributed by atoms with Crippen molar-refractivity contribution in [2.45, 2.75) is 30.6 Å². The monoisotopic (exact) mass is 434 g/mol. The predicted octanol–water partition coefficient (Wildman–Crippen LogP) is 3.49. The van der Waals surface area contributed by atoms with Crippen LogP contribution in [0.1, 0.15) is 20.3 Å². The van der Waals surface area contributed by atoms with Crippen LogP contribution in [0.5, 0.6) is 0 Å². The topological polar surface area (TPSA) is 92.3 Å². The van der Waals surface area contributed by atoms with Crippen molar-refractivity contribution in [3.8, 4) is 0 Å². The first-order valence-corrected chi connectivity index (χ1v) is 11.8. The van der Waals surface area contributed by atoms with Gasteiger partial charge >= 0.3 is 0 Å². The second-order valence-corrected chi connectivity index (χ2v) is 10.0. The van der Waals surface area contributed by atoms with Gasteiger partial charge in [0.05, 0.1) is 11.9 Å². The zero-order valence-corrected chi connectivity index (χ0v) is 17.7. The number of nitrogens with one attached hydrogen (secondary N) is 1. The summed E-state index contributed by atoms with van der Waals surface area (Å²) in [4.78, 5) is 12.6. The first-order chi connectivity index (χ1) is 12.2. The molecule has 0 aliphatic carbocycles. The standard InChI is InChI=1S/C15H19ClN4O3S3/c1-4-8-24-15-19-18-14(25-15)17-13(21)10(2)20(26(3,22)23)12-7-5-6-11(16)9-12/h5-7,9-10H,4,8H2,1-3H3,(H,17,18,21). The van der Waals surface area contributed by atoms with Gasteiger partial charge in [-0.3, -0.25) is 14.4 Å². The Kier molecular flexibility index (Phi) is 7.27. The normalized spacial score (nSPS) is 12.6. The average Bonchev–Trinajstić information content (AvgIpc) is 2.99. The fraction of sp³-hybridized carbons (Fsp3) is 0.400. The molecule has 11 heteroatoms. The molecule has 142 valence electrons. The Morgan fingerprint density at radius 3 is 2.77 bits per heavy atom. The van der Waals surface area contributed by atoms with Crippen molar-refractivity contribution in [1.29, 1.82) is 0 Å². The van der Waals surface area contributed by atoms with E-state index in [0.717, 1.165) is 27.1 Å². The van der Waals surface area contributed by atoms with Gasteiger partial charge in [-0.15, -0.1) is 10.2 Å². The van der Waals surface area contributed by atoms with Crippen molar-refractivity contribution in [1.82, 2.24) is 10.2 Å². The summed E-state index contributed by atoms with van der Waals surface area (Å²) < 4.78 is 26.3. The molecule has 1 atom stereocenters. The van der Waals surface area contributed by atoms with Crippen molar-refractivity contribution in [3.63, 3.8) is 0 Å². The lowest BCUT2D eigenvalue weighted by atomic mass is 10.2. The van der Waals surface area contributed by atoms with Crippen LogP contribution in [-0.2, 0) is 14.8 Å². The number of thioether (sulfide) groups is 1. The van der Waals surface area contributed by atoms with Gasteiger partial charge in [0, 0.05) is 10.8 Å². The van der Waals surface area contributed by atoms with Gasteiger partial charge in [-0.25, -0.2) is 8.42 Å². The second-order valence-electron chi connectivity index (χ2n) is 5.43. The molecule has 0 radical (unpaired) electrons. The SMILES string of the molecule is CCCSc1nnc(NC(=O)C(C)N(c2cccc(Cl)c2)S(C)(=O)=O)s1. The number of carbonyl (C=O) groups is 1. The first kappa shape index (κ1) is 20.9. The fourth-order valence-corrected chi connectivity index (χ4v) is 5.17. The van der Waals surface area contributed by atoms with E-state index in [0.29, 0.717) is 15.8 Å². The van der Waals surface area contributed by atoms with E-state index in [9.17, 15) is 13.2 Å². The van der Waals surface area contributed by atoms with Crippen LogP contribution in [0, 0.1) is 0 Å². The number of amides is 1. The van der Waals surface area contributed by atoms with Crippen LogP contribution in [0.4, 0.5) is 10.8 Å². The zero-order chi connectivity index (χ0) is 19.3. The molecule has 1 amide bonds. The lowest BCUT2D eigenvalue weighted by Gasteiger charge is -2.27. The van der Waals surface area contributed by atoms with Gasteiger partial charge in [0.25, 0.3) is 0 Å². The molecule has 1 aromatic heterocycles. The van der Waals surface area contributed by atoms with Gasteiger partial charge < -0.3 is 0 Å². The van der Waals surface area contributed by atoms with Gasteiger partial charge in [0.2, 0.25) is 21.1 Å². The highest BCUT2D eigenvalue weighted by Crippen LogP contribution is 2.27. The van der Waals surface area contributed by atoms with E-state index in [1.165, 1.54) is 24.3 Å². The molecule has 0 spiro atoms. The highest BCUT2D eigenvalue weighted by atomic mass is 35.5. The summed E-state index contributed by atoms with van der Waals surface area (Å²) in [7, 11) is -3.70. The number of sulfonamides is 1. The largest absolute Gasteiger partial charge is 0.299 e. The van der Waals surface area contributed by atoms with Crippen LogP contribution in [0.2, 0.25) is 5.02 Å². The molecule has 1 heterocycles. The van der Waals surface area contributed by atoms with Crippen molar-refractivity contribution >= 4 is 61.4 Å². The van der Waals surface area contributed by atoms with Crippen molar-refractivity contribution in [2.24, 2.45) is 0 Å². The van der Waals surface area contributed by atoms with Gasteiger partial charge in [-0.1, -0.05) is 47.7 Å². The molecule has 2 rings (SSSR count). The maximum atomic E-state index is 12.6. The molecule has 0 saturated heterocycles. The van der Waals surface area contributed by atoms with Gasteiger partial charge in [0.1, 0.15) is 6.04 Å². The summed E-state index contributed by atoms with van der Waals surface area (Å²) in [5, 5.41) is 11.3. The quantitative estimate of drug-likeness (QED) is 0.505. The maximum absolute atomic E-state index is 12.6. The predicted molar refractivity (Wildman–Crippen MR) is 108 cm³/mol. The van der Waals surface area contributed by atoms with E-state index in [1.807, 2.05) is 0 Å². The number of hydrogen-bond acceptors (Lipinski definition) is 7. The Labute approximate surface area is 166 Å².